The Kier molecular flexibility index (Phi) is 12.6. The van der Waals surface area contributed by atoms with Crippen molar-refractivity contribution in [1.29, 1.82) is 0 Å². The van der Waals surface area contributed by atoms with Gasteiger partial charge in [-0.15, -0.1) is 0 Å². The molecule has 0 unspecified atom stereocenters. The fourth-order valence-electron chi connectivity index (χ4n) is 4.72. The van der Waals surface area contributed by atoms with Gasteiger partial charge in [-0.1, -0.05) is 83.1 Å². The second-order valence-corrected chi connectivity index (χ2v) is 16.8. The molecule has 2 rings (SSSR count). The fourth-order valence-corrected chi connectivity index (χ4v) is 5.33. The molecular formula is C38H54O6S. The third-order valence-electron chi connectivity index (χ3n) is 7.26. The van der Waals surface area contributed by atoms with E-state index in [0.717, 1.165) is 33.4 Å². The Balaban J connectivity index is 1.85. The van der Waals surface area contributed by atoms with E-state index < -0.39 is 11.9 Å². The van der Waals surface area contributed by atoms with Gasteiger partial charge in [-0.3, -0.25) is 0 Å². The summed E-state index contributed by atoms with van der Waals surface area (Å²) in [5, 5.41) is 21.8. The summed E-state index contributed by atoms with van der Waals surface area (Å²) in [6.07, 6.45) is 6.26. The standard InChI is InChI=1S/C38H54O6S/c1-35(2,3)27-21-25(22-28(33(27)41)36(4,5)6)13-15-31(39)43-17-19-45-20-18-44-32(40)16-14-26-23-29(37(7,8)9)34(42)30(24-26)38(10,11)12/h13-16,21-24,41-42H,17-20H2,1-12H3. The molecule has 0 saturated carbocycles. The van der Waals surface area contributed by atoms with Crippen LogP contribution in [0.15, 0.2) is 36.4 Å². The Labute approximate surface area is 275 Å². The molecule has 0 spiro atoms. The number of carbonyl (C=O) groups excluding carboxylic acids is 2. The van der Waals surface area contributed by atoms with Crippen molar-refractivity contribution in [3.63, 3.8) is 0 Å². The van der Waals surface area contributed by atoms with E-state index in [-0.39, 0.29) is 34.9 Å². The first-order valence-corrected chi connectivity index (χ1v) is 16.7. The summed E-state index contributed by atoms with van der Waals surface area (Å²) in [6, 6.07) is 7.66. The number of rotatable bonds is 10. The van der Waals surface area contributed by atoms with E-state index in [1.165, 1.54) is 23.9 Å². The van der Waals surface area contributed by atoms with E-state index in [4.69, 9.17) is 9.47 Å². The summed E-state index contributed by atoms with van der Waals surface area (Å²) in [6.45, 7) is 25.1. The summed E-state index contributed by atoms with van der Waals surface area (Å²) < 4.78 is 10.7. The quantitative estimate of drug-likeness (QED) is 0.153. The zero-order valence-corrected chi connectivity index (χ0v) is 30.2. The van der Waals surface area contributed by atoms with Crippen LogP contribution in [0.1, 0.15) is 116 Å². The molecule has 0 fully saturated rings. The number of esters is 2. The van der Waals surface area contributed by atoms with E-state index in [1.54, 1.807) is 12.2 Å². The van der Waals surface area contributed by atoms with Crippen LogP contribution in [-0.2, 0) is 40.7 Å². The molecule has 7 heteroatoms. The fraction of sp³-hybridized carbons (Fsp3) is 0.526. The Morgan fingerprint density at radius 2 is 0.844 bits per heavy atom. The molecule has 0 heterocycles. The van der Waals surface area contributed by atoms with Gasteiger partial charge >= 0.3 is 11.9 Å². The van der Waals surface area contributed by atoms with E-state index >= 15 is 0 Å². The second-order valence-electron chi connectivity index (χ2n) is 15.5. The number of hydrogen-bond donors (Lipinski definition) is 2. The van der Waals surface area contributed by atoms with Gasteiger partial charge in [0.2, 0.25) is 0 Å². The maximum atomic E-state index is 12.3. The SMILES string of the molecule is CC(C)(C)c1cc(C=CC(=O)OCCSCCOC(=O)C=Cc2cc(C(C)(C)C)c(O)c(C(C)(C)C)c2)cc(C(C)(C)C)c1O. The van der Waals surface area contributed by atoms with Gasteiger partial charge in [0.15, 0.2) is 0 Å². The molecule has 0 aliphatic carbocycles. The highest BCUT2D eigenvalue weighted by molar-refractivity contribution is 7.99. The molecule has 0 saturated heterocycles. The molecule has 248 valence electrons. The van der Waals surface area contributed by atoms with E-state index in [1.807, 2.05) is 107 Å². The van der Waals surface area contributed by atoms with Gasteiger partial charge in [-0.25, -0.2) is 9.59 Å². The molecule has 0 aliphatic rings. The Bertz CT molecular complexity index is 1230. The molecule has 0 bridgehead atoms. The van der Waals surface area contributed by atoms with E-state index in [9.17, 15) is 19.8 Å². The van der Waals surface area contributed by atoms with Gasteiger partial charge in [0.25, 0.3) is 0 Å². The predicted molar refractivity (Wildman–Crippen MR) is 188 cm³/mol. The zero-order valence-electron chi connectivity index (χ0n) is 29.4. The average molecular weight is 639 g/mol. The molecule has 2 N–H and O–H groups in total. The summed E-state index contributed by atoms with van der Waals surface area (Å²) in [5.74, 6) is 0.882. The smallest absolute Gasteiger partial charge is 0.330 e. The Morgan fingerprint density at radius 1 is 0.578 bits per heavy atom. The minimum absolute atomic E-state index is 0.241. The number of thioether (sulfide) groups is 1. The number of aromatic hydroxyl groups is 2. The third-order valence-corrected chi connectivity index (χ3v) is 8.17. The summed E-state index contributed by atoms with van der Waals surface area (Å²) in [7, 11) is 0. The topological polar surface area (TPSA) is 93.1 Å². The van der Waals surface area contributed by atoms with Crippen LogP contribution in [0.4, 0.5) is 0 Å². The number of carbonyl (C=O) groups is 2. The van der Waals surface area contributed by atoms with Crippen molar-refractivity contribution < 1.29 is 29.3 Å². The lowest BCUT2D eigenvalue weighted by Gasteiger charge is -2.27. The number of hydrogen-bond acceptors (Lipinski definition) is 7. The Hall–Kier alpha value is -3.19. The van der Waals surface area contributed by atoms with Gasteiger partial charge in [0.1, 0.15) is 24.7 Å². The van der Waals surface area contributed by atoms with Gasteiger partial charge in [0, 0.05) is 45.9 Å². The van der Waals surface area contributed by atoms with Crippen molar-refractivity contribution in [2.75, 3.05) is 24.7 Å². The van der Waals surface area contributed by atoms with Crippen molar-refractivity contribution in [1.82, 2.24) is 0 Å². The highest BCUT2D eigenvalue weighted by atomic mass is 32.2. The molecule has 0 amide bonds. The maximum Gasteiger partial charge on any atom is 0.330 e. The molecule has 6 nitrogen and oxygen atoms in total. The minimum atomic E-state index is -0.437. The summed E-state index contributed by atoms with van der Waals surface area (Å²) in [4.78, 5) is 24.7. The summed E-state index contributed by atoms with van der Waals surface area (Å²) in [5.41, 5.74) is 3.98. The maximum absolute atomic E-state index is 12.3. The van der Waals surface area contributed by atoms with Crippen LogP contribution < -0.4 is 0 Å². The first kappa shape index (κ1) is 38.0. The van der Waals surface area contributed by atoms with Crippen molar-refractivity contribution in [2.24, 2.45) is 0 Å². The van der Waals surface area contributed by atoms with Gasteiger partial charge in [-0.05, 0) is 69.2 Å². The van der Waals surface area contributed by atoms with Gasteiger partial charge in [0.05, 0.1) is 0 Å². The summed E-state index contributed by atoms with van der Waals surface area (Å²) >= 11 is 1.53. The first-order chi connectivity index (χ1) is 20.5. The lowest BCUT2D eigenvalue weighted by molar-refractivity contribution is -0.137. The van der Waals surface area contributed by atoms with Crippen LogP contribution in [0.3, 0.4) is 0 Å². The van der Waals surface area contributed by atoms with Crippen molar-refractivity contribution in [2.45, 2.75) is 105 Å². The van der Waals surface area contributed by atoms with E-state index in [0.29, 0.717) is 23.0 Å². The molecular weight excluding hydrogens is 584 g/mol. The molecule has 0 radical (unpaired) electrons. The highest BCUT2D eigenvalue weighted by Crippen LogP contribution is 2.41. The van der Waals surface area contributed by atoms with Crippen molar-refractivity contribution >= 4 is 35.9 Å². The Morgan fingerprint density at radius 3 is 1.09 bits per heavy atom. The molecule has 45 heavy (non-hydrogen) atoms. The average Bonchev–Trinajstić information content (AvgIpc) is 2.88. The largest absolute Gasteiger partial charge is 0.507 e. The molecule has 2 aromatic rings. The lowest BCUT2D eigenvalue weighted by Crippen LogP contribution is -2.17. The van der Waals surface area contributed by atoms with Crippen LogP contribution in [-0.4, -0.2) is 46.9 Å². The van der Waals surface area contributed by atoms with Gasteiger partial charge in [-0.2, -0.15) is 11.8 Å². The van der Waals surface area contributed by atoms with Crippen LogP contribution >= 0.6 is 11.8 Å². The molecule has 0 aromatic heterocycles. The number of phenolic OH excluding ortho intramolecular Hbond substituents is 2. The molecule has 0 aliphatic heterocycles. The first-order valence-electron chi connectivity index (χ1n) is 15.5. The van der Waals surface area contributed by atoms with Crippen LogP contribution in [0.25, 0.3) is 12.2 Å². The van der Waals surface area contributed by atoms with Crippen LogP contribution in [0, 0.1) is 0 Å². The molecule has 2 aromatic carbocycles. The number of ether oxygens (including phenoxy) is 2. The normalized spacial score (nSPS) is 13.1. The second kappa shape index (κ2) is 14.9. The highest BCUT2D eigenvalue weighted by Gasteiger charge is 2.27. The van der Waals surface area contributed by atoms with Crippen molar-refractivity contribution in [3.05, 3.63) is 69.8 Å². The predicted octanol–water partition coefficient (Wildman–Crippen LogP) is 8.83. The minimum Gasteiger partial charge on any atom is -0.507 e. The van der Waals surface area contributed by atoms with Gasteiger partial charge < -0.3 is 19.7 Å². The number of benzene rings is 2. The monoisotopic (exact) mass is 638 g/mol. The third kappa shape index (κ3) is 11.6. The van der Waals surface area contributed by atoms with E-state index in [2.05, 4.69) is 0 Å². The van der Waals surface area contributed by atoms with Crippen molar-refractivity contribution in [3.8, 4) is 11.5 Å². The molecule has 0 atom stereocenters. The number of phenols is 2. The van der Waals surface area contributed by atoms with Crippen LogP contribution in [0.2, 0.25) is 0 Å². The lowest BCUT2D eigenvalue weighted by atomic mass is 9.78. The van der Waals surface area contributed by atoms with Crippen LogP contribution in [0.5, 0.6) is 11.5 Å². The zero-order chi connectivity index (χ0) is 34.4.